The number of anilines is 2. The Labute approximate surface area is 209 Å². The van der Waals surface area contributed by atoms with Crippen LogP contribution in [0.15, 0.2) is 35.1 Å². The minimum absolute atomic E-state index is 0.0877. The van der Waals surface area contributed by atoms with Crippen molar-refractivity contribution in [3.63, 3.8) is 0 Å². The average molecular weight is 500 g/mol. The predicted octanol–water partition coefficient (Wildman–Crippen LogP) is 4.03. The zero-order chi connectivity index (χ0) is 27.6. The number of hydrogen-bond donors (Lipinski definition) is 6. The van der Waals surface area contributed by atoms with E-state index in [-0.39, 0.29) is 24.6 Å². The molecule has 0 radical (unpaired) electrons. The van der Waals surface area contributed by atoms with Crippen LogP contribution in [0.5, 0.6) is 0 Å². The first-order chi connectivity index (χ1) is 16.5. The number of aryl methyl sites for hydroxylation is 2. The van der Waals surface area contributed by atoms with Crippen LogP contribution in [0.4, 0.5) is 15.9 Å². The molecule has 0 bridgehead atoms. The molecule has 8 nitrogen and oxygen atoms in total. The first-order valence-electron chi connectivity index (χ1n) is 11.9. The van der Waals surface area contributed by atoms with Crippen molar-refractivity contribution in [2.75, 3.05) is 25.6 Å². The molecule has 0 saturated heterocycles. The molecule has 202 valence electrons. The molecular formula is C26H46FN3O5. The number of nitrogens with zero attached hydrogens (tertiary/aromatic N) is 1. The van der Waals surface area contributed by atoms with Gasteiger partial charge in [-0.15, -0.1) is 0 Å². The highest BCUT2D eigenvalue weighted by Crippen LogP contribution is 2.48. The summed E-state index contributed by atoms with van der Waals surface area (Å²) in [5, 5.41) is 35.3. The van der Waals surface area contributed by atoms with Gasteiger partial charge in [0.1, 0.15) is 11.6 Å². The van der Waals surface area contributed by atoms with Crippen molar-refractivity contribution in [1.82, 2.24) is 10.0 Å². The van der Waals surface area contributed by atoms with Crippen molar-refractivity contribution < 1.29 is 24.9 Å². The van der Waals surface area contributed by atoms with Crippen molar-refractivity contribution in [2.45, 2.75) is 66.9 Å². The lowest BCUT2D eigenvalue weighted by molar-refractivity contribution is 0.0727. The zero-order valence-corrected chi connectivity index (χ0v) is 22.5. The molecule has 1 heterocycles. The minimum atomic E-state index is -0.488. The average Bonchev–Trinajstić information content (AvgIpc) is 3.55. The highest BCUT2D eigenvalue weighted by Gasteiger charge is 2.38. The molecule has 1 aromatic heterocycles. The largest absolute Gasteiger partial charge is 0.397 e. The highest BCUT2D eigenvalue weighted by atomic mass is 19.1. The van der Waals surface area contributed by atoms with Gasteiger partial charge in [0.25, 0.3) is 5.56 Å². The number of benzene rings is 1. The molecule has 1 saturated carbocycles. The third-order valence-electron chi connectivity index (χ3n) is 4.92. The number of halogens is 1. The first kappa shape index (κ1) is 34.9. The summed E-state index contributed by atoms with van der Waals surface area (Å²) < 4.78 is 15.2. The van der Waals surface area contributed by atoms with E-state index in [4.69, 9.17) is 20.5 Å². The number of nitrogens with one attached hydrogen (secondary N) is 2. The number of rotatable bonds is 5. The lowest BCUT2D eigenvalue weighted by Gasteiger charge is -2.12. The molecular weight excluding hydrogens is 453 g/mol. The van der Waals surface area contributed by atoms with Crippen LogP contribution in [-0.4, -0.2) is 51.5 Å². The van der Waals surface area contributed by atoms with Crippen LogP contribution in [0.3, 0.4) is 0 Å². The summed E-state index contributed by atoms with van der Waals surface area (Å²) in [6.07, 6.45) is 2.70. The van der Waals surface area contributed by atoms with Gasteiger partial charge in [0.15, 0.2) is 0 Å². The molecule has 35 heavy (non-hydrogen) atoms. The van der Waals surface area contributed by atoms with E-state index in [1.165, 1.54) is 30.5 Å². The second kappa shape index (κ2) is 19.0. The summed E-state index contributed by atoms with van der Waals surface area (Å²) in [7, 11) is 3.09. The molecule has 9 heteroatoms. The second-order valence-electron chi connectivity index (χ2n) is 8.27. The number of hydrogen-bond acceptors (Lipinski definition) is 7. The van der Waals surface area contributed by atoms with Crippen molar-refractivity contribution in [3.05, 3.63) is 57.6 Å². The fraction of sp³-hybridized carbons (Fsp3) is 0.577. The standard InChI is InChI=1S/C14H15FN2O.C7H14O2.C2H6O.C2H6.CH5NO/c1-9-4-6-12(11(15)8-9)16-13-7-5-10(2)14(18)17(13)3;1-7(2-3-7)4-6(9)5-8;1-2-3;1-2;1-2-3/h4-8,16H,1-3H3;6,8-9H,2-5H2,1H3;3H,2H2,1H3;1-2H3;2-3H,1H3. The van der Waals surface area contributed by atoms with Crippen LogP contribution in [0.2, 0.25) is 0 Å². The van der Waals surface area contributed by atoms with Crippen LogP contribution in [0, 0.1) is 25.1 Å². The summed E-state index contributed by atoms with van der Waals surface area (Å²) in [5.74, 6) is 0.233. The van der Waals surface area contributed by atoms with E-state index in [9.17, 15) is 9.18 Å². The summed E-state index contributed by atoms with van der Waals surface area (Å²) in [5.41, 5.74) is 3.90. The van der Waals surface area contributed by atoms with Gasteiger partial charge in [-0.1, -0.05) is 32.9 Å². The molecule has 1 aliphatic rings. The Kier molecular flexibility index (Phi) is 18.9. The van der Waals surface area contributed by atoms with Crippen LogP contribution in [0.1, 0.15) is 58.1 Å². The molecule has 0 amide bonds. The molecule has 1 aliphatic carbocycles. The Morgan fingerprint density at radius 2 is 1.66 bits per heavy atom. The molecule has 0 aliphatic heterocycles. The van der Waals surface area contributed by atoms with Crippen LogP contribution in [-0.2, 0) is 7.05 Å². The SMILES string of the molecule is CC.CC1(CC(O)CO)CC1.CCO.CNO.Cc1ccc(Nc2ccc(C)c(=O)n2C)c(F)c1. The summed E-state index contributed by atoms with van der Waals surface area (Å²) in [6, 6.07) is 8.41. The predicted molar refractivity (Wildman–Crippen MR) is 141 cm³/mol. The second-order valence-corrected chi connectivity index (χ2v) is 8.27. The molecule has 6 N–H and O–H groups in total. The Morgan fingerprint density at radius 1 is 1.14 bits per heavy atom. The molecule has 3 rings (SSSR count). The van der Waals surface area contributed by atoms with Crippen molar-refractivity contribution in [2.24, 2.45) is 12.5 Å². The Hall–Kier alpha value is -2.30. The van der Waals surface area contributed by atoms with Gasteiger partial charge in [-0.25, -0.2) is 9.87 Å². The fourth-order valence-corrected chi connectivity index (χ4v) is 2.80. The summed E-state index contributed by atoms with van der Waals surface area (Å²) in [6.45, 7) is 11.6. The molecule has 1 aromatic carbocycles. The zero-order valence-electron chi connectivity index (χ0n) is 22.5. The smallest absolute Gasteiger partial charge is 0.254 e. The number of aliphatic hydroxyl groups is 3. The fourth-order valence-electron chi connectivity index (χ4n) is 2.80. The van der Waals surface area contributed by atoms with Crippen molar-refractivity contribution in [3.8, 4) is 0 Å². The van der Waals surface area contributed by atoms with Crippen molar-refractivity contribution in [1.29, 1.82) is 0 Å². The van der Waals surface area contributed by atoms with E-state index < -0.39 is 6.10 Å². The van der Waals surface area contributed by atoms with Gasteiger partial charge < -0.3 is 25.8 Å². The number of pyridine rings is 1. The topological polar surface area (TPSA) is 127 Å². The third-order valence-corrected chi connectivity index (χ3v) is 4.92. The van der Waals surface area contributed by atoms with E-state index in [1.807, 2.05) is 26.8 Å². The Balaban J connectivity index is 0. The van der Waals surface area contributed by atoms with Crippen LogP contribution < -0.4 is 16.4 Å². The maximum Gasteiger partial charge on any atom is 0.254 e. The van der Waals surface area contributed by atoms with Gasteiger partial charge in [0.2, 0.25) is 0 Å². The normalized spacial score (nSPS) is 13.2. The lowest BCUT2D eigenvalue weighted by atomic mass is 10.0. The third kappa shape index (κ3) is 14.6. The van der Waals surface area contributed by atoms with Gasteiger partial charge in [-0.05, 0) is 69.2 Å². The first-order valence-corrected chi connectivity index (χ1v) is 11.9. The summed E-state index contributed by atoms with van der Waals surface area (Å²) in [4.78, 5) is 11.7. The van der Waals surface area contributed by atoms with Crippen molar-refractivity contribution >= 4 is 11.5 Å². The van der Waals surface area contributed by atoms with E-state index in [0.717, 1.165) is 12.0 Å². The van der Waals surface area contributed by atoms with Gasteiger partial charge in [-0.2, -0.15) is 0 Å². The van der Waals surface area contributed by atoms with Crippen LogP contribution in [0.25, 0.3) is 0 Å². The molecule has 1 unspecified atom stereocenters. The molecule has 0 spiro atoms. The van der Waals surface area contributed by atoms with E-state index >= 15 is 0 Å². The highest BCUT2D eigenvalue weighted by molar-refractivity contribution is 5.57. The maximum absolute atomic E-state index is 13.7. The molecule has 2 aromatic rings. The molecule has 1 atom stereocenters. The number of aliphatic hydroxyl groups excluding tert-OH is 3. The monoisotopic (exact) mass is 499 g/mol. The number of hydroxylamine groups is 1. The van der Waals surface area contributed by atoms with Gasteiger partial charge in [-0.3, -0.25) is 9.36 Å². The van der Waals surface area contributed by atoms with Gasteiger partial charge >= 0.3 is 0 Å². The minimum Gasteiger partial charge on any atom is -0.397 e. The Morgan fingerprint density at radius 3 is 2.09 bits per heavy atom. The summed E-state index contributed by atoms with van der Waals surface area (Å²) >= 11 is 0. The van der Waals surface area contributed by atoms with Crippen LogP contribution >= 0.6 is 0 Å². The number of aromatic nitrogens is 1. The maximum atomic E-state index is 13.7. The van der Waals surface area contributed by atoms with E-state index in [2.05, 4.69) is 12.2 Å². The molecule has 1 fully saturated rings. The van der Waals surface area contributed by atoms with E-state index in [1.54, 1.807) is 44.6 Å². The van der Waals surface area contributed by atoms with Gasteiger partial charge in [0, 0.05) is 26.3 Å². The quantitative estimate of drug-likeness (QED) is 0.343. The van der Waals surface area contributed by atoms with Gasteiger partial charge in [0.05, 0.1) is 18.4 Å². The van der Waals surface area contributed by atoms with E-state index in [0.29, 0.717) is 22.5 Å². The lowest BCUT2D eigenvalue weighted by Crippen LogP contribution is -2.21. The Bertz CT molecular complexity index is 884.